The molecular formula is C12H9ClF3NO2. The number of nitrogens with one attached hydrogen (secondary N) is 1. The molecule has 1 N–H and O–H groups in total. The zero-order valence-corrected chi connectivity index (χ0v) is 10.5. The van der Waals surface area contributed by atoms with Crippen molar-refractivity contribution in [2.75, 3.05) is 6.61 Å². The van der Waals surface area contributed by atoms with E-state index in [0.29, 0.717) is 0 Å². The number of halogens is 4. The van der Waals surface area contributed by atoms with Crippen molar-refractivity contribution in [2.45, 2.75) is 13.1 Å². The zero-order chi connectivity index (χ0) is 14.2. The normalized spacial score (nSPS) is 11.8. The second-order valence-electron chi connectivity index (χ2n) is 3.78. The number of esters is 1. The van der Waals surface area contributed by atoms with E-state index in [-0.39, 0.29) is 22.5 Å². The highest BCUT2D eigenvalue weighted by atomic mass is 35.5. The van der Waals surface area contributed by atoms with E-state index in [1.54, 1.807) is 0 Å². The first-order valence-corrected chi connectivity index (χ1v) is 5.78. The first-order valence-electron chi connectivity index (χ1n) is 5.40. The van der Waals surface area contributed by atoms with Crippen LogP contribution in [0, 0.1) is 0 Å². The predicted molar refractivity (Wildman–Crippen MR) is 64.3 cm³/mol. The van der Waals surface area contributed by atoms with Gasteiger partial charge >= 0.3 is 12.1 Å². The quantitative estimate of drug-likeness (QED) is 0.849. The number of aromatic amines is 1. The lowest BCUT2D eigenvalue weighted by atomic mass is 10.1. The summed E-state index contributed by atoms with van der Waals surface area (Å²) < 4.78 is 43.8. The predicted octanol–water partition coefficient (Wildman–Crippen LogP) is 4.02. The number of hydrogen-bond acceptors (Lipinski definition) is 2. The van der Waals surface area contributed by atoms with Gasteiger partial charge in [-0.2, -0.15) is 13.2 Å². The zero-order valence-electron chi connectivity index (χ0n) is 9.77. The Morgan fingerprint density at radius 2 is 2.11 bits per heavy atom. The summed E-state index contributed by atoms with van der Waals surface area (Å²) in [7, 11) is 0. The maximum absolute atomic E-state index is 13.1. The second kappa shape index (κ2) is 4.77. The minimum atomic E-state index is -4.68. The lowest BCUT2D eigenvalue weighted by Gasteiger charge is -2.08. The average molecular weight is 292 g/mol. The van der Waals surface area contributed by atoms with Gasteiger partial charge in [-0.15, -0.1) is 0 Å². The summed E-state index contributed by atoms with van der Waals surface area (Å²) in [4.78, 5) is 14.0. The van der Waals surface area contributed by atoms with E-state index in [9.17, 15) is 18.0 Å². The van der Waals surface area contributed by atoms with Gasteiger partial charge in [0.1, 0.15) is 5.69 Å². The Kier molecular flexibility index (Phi) is 3.45. The third-order valence-electron chi connectivity index (χ3n) is 2.52. The number of alkyl halides is 3. The van der Waals surface area contributed by atoms with Crippen molar-refractivity contribution in [3.05, 3.63) is 34.5 Å². The van der Waals surface area contributed by atoms with Crippen LogP contribution in [-0.4, -0.2) is 17.6 Å². The fourth-order valence-corrected chi connectivity index (χ4v) is 1.99. The average Bonchev–Trinajstić information content (AvgIpc) is 2.67. The first-order chi connectivity index (χ1) is 8.84. The van der Waals surface area contributed by atoms with Crippen LogP contribution >= 0.6 is 11.6 Å². The summed E-state index contributed by atoms with van der Waals surface area (Å²) in [5.41, 5.74) is -1.48. The van der Waals surface area contributed by atoms with Crippen molar-refractivity contribution in [3.8, 4) is 0 Å². The number of benzene rings is 1. The van der Waals surface area contributed by atoms with Crippen LogP contribution in [0.25, 0.3) is 10.9 Å². The highest BCUT2D eigenvalue weighted by molar-refractivity contribution is 6.31. The van der Waals surface area contributed by atoms with Crippen LogP contribution in [-0.2, 0) is 10.9 Å². The summed E-state index contributed by atoms with van der Waals surface area (Å²) in [5.74, 6) is -1.04. The van der Waals surface area contributed by atoms with Gasteiger partial charge in [0.2, 0.25) is 0 Å². The van der Waals surface area contributed by atoms with E-state index in [4.69, 9.17) is 11.6 Å². The van der Waals surface area contributed by atoms with E-state index in [1.165, 1.54) is 25.1 Å². The molecule has 1 aromatic heterocycles. The Bertz CT molecular complexity index is 634. The van der Waals surface area contributed by atoms with E-state index in [1.807, 2.05) is 0 Å². The first kappa shape index (κ1) is 13.7. The van der Waals surface area contributed by atoms with E-state index < -0.39 is 23.4 Å². The van der Waals surface area contributed by atoms with Crippen LogP contribution in [0.4, 0.5) is 13.2 Å². The van der Waals surface area contributed by atoms with Crippen LogP contribution in [0.15, 0.2) is 18.2 Å². The summed E-state index contributed by atoms with van der Waals surface area (Å²) in [6, 6.07) is 3.99. The van der Waals surface area contributed by atoms with Crippen molar-refractivity contribution in [2.24, 2.45) is 0 Å². The molecule has 102 valence electrons. The maximum Gasteiger partial charge on any atom is 0.419 e. The number of fused-ring (bicyclic) bond motifs is 1. The molecule has 0 aliphatic heterocycles. The van der Waals surface area contributed by atoms with Gasteiger partial charge in [-0.05, 0) is 25.1 Å². The molecule has 0 aliphatic rings. The van der Waals surface area contributed by atoms with Crippen LogP contribution in [0.3, 0.4) is 0 Å². The van der Waals surface area contributed by atoms with Gasteiger partial charge < -0.3 is 9.72 Å². The molecule has 1 aromatic carbocycles. The standard InChI is InChI=1S/C12H9ClF3NO2/c1-2-19-11(18)10-9(12(14,15)16)7-5-6(13)3-4-8(7)17-10/h3-5,17H,2H2,1H3. The van der Waals surface area contributed by atoms with E-state index >= 15 is 0 Å². The number of aromatic nitrogens is 1. The summed E-state index contributed by atoms with van der Waals surface area (Å²) in [6.07, 6.45) is -4.68. The number of ether oxygens (including phenoxy) is 1. The molecule has 0 aliphatic carbocycles. The van der Waals surface area contributed by atoms with E-state index in [0.717, 1.165) is 0 Å². The Morgan fingerprint density at radius 3 is 2.68 bits per heavy atom. The smallest absolute Gasteiger partial charge is 0.419 e. The largest absolute Gasteiger partial charge is 0.461 e. The van der Waals surface area contributed by atoms with Gasteiger partial charge in [0.25, 0.3) is 0 Å². The molecule has 0 radical (unpaired) electrons. The number of carbonyl (C=O) groups excluding carboxylic acids is 1. The molecule has 2 rings (SSSR count). The number of carbonyl (C=O) groups is 1. The molecule has 19 heavy (non-hydrogen) atoms. The van der Waals surface area contributed by atoms with E-state index in [2.05, 4.69) is 9.72 Å². The van der Waals surface area contributed by atoms with Gasteiger partial charge in [0.05, 0.1) is 12.2 Å². The van der Waals surface area contributed by atoms with Gasteiger partial charge in [-0.1, -0.05) is 11.6 Å². The van der Waals surface area contributed by atoms with Gasteiger partial charge in [0, 0.05) is 15.9 Å². The van der Waals surface area contributed by atoms with Crippen LogP contribution in [0.2, 0.25) is 5.02 Å². The molecule has 0 bridgehead atoms. The molecule has 1 heterocycles. The minimum Gasteiger partial charge on any atom is -0.461 e. The topological polar surface area (TPSA) is 42.1 Å². The molecule has 0 amide bonds. The molecule has 3 nitrogen and oxygen atoms in total. The molecule has 7 heteroatoms. The Labute approximate surface area is 111 Å². The van der Waals surface area contributed by atoms with Gasteiger partial charge in [0.15, 0.2) is 0 Å². The van der Waals surface area contributed by atoms with Crippen LogP contribution in [0.1, 0.15) is 23.0 Å². The molecule has 0 unspecified atom stereocenters. The van der Waals surface area contributed by atoms with Crippen molar-refractivity contribution < 1.29 is 22.7 Å². The number of H-pyrrole nitrogens is 1. The molecule has 0 spiro atoms. The van der Waals surface area contributed by atoms with Gasteiger partial charge in [-0.3, -0.25) is 0 Å². The monoisotopic (exact) mass is 291 g/mol. The molecule has 0 atom stereocenters. The highest BCUT2D eigenvalue weighted by Gasteiger charge is 2.39. The molecule has 2 aromatic rings. The third kappa shape index (κ3) is 2.53. The highest BCUT2D eigenvalue weighted by Crippen LogP contribution is 2.38. The summed E-state index contributed by atoms with van der Waals surface area (Å²) in [5, 5.41) is 0.00969. The fraction of sp³-hybridized carbons (Fsp3) is 0.250. The Balaban J connectivity index is 2.73. The second-order valence-corrected chi connectivity index (χ2v) is 4.22. The Morgan fingerprint density at radius 1 is 1.42 bits per heavy atom. The van der Waals surface area contributed by atoms with Crippen molar-refractivity contribution in [1.29, 1.82) is 0 Å². The Hall–Kier alpha value is -1.69. The number of rotatable bonds is 2. The van der Waals surface area contributed by atoms with Crippen molar-refractivity contribution >= 4 is 28.5 Å². The SMILES string of the molecule is CCOC(=O)c1[nH]c2ccc(Cl)cc2c1C(F)(F)F. The fourth-order valence-electron chi connectivity index (χ4n) is 1.81. The molecule has 0 saturated carbocycles. The summed E-state index contributed by atoms with van der Waals surface area (Å²) >= 11 is 5.69. The molecule has 0 saturated heterocycles. The van der Waals surface area contributed by atoms with Crippen molar-refractivity contribution in [3.63, 3.8) is 0 Å². The maximum atomic E-state index is 13.1. The third-order valence-corrected chi connectivity index (χ3v) is 2.76. The minimum absolute atomic E-state index is 0.00769. The summed E-state index contributed by atoms with van der Waals surface area (Å²) in [6.45, 7) is 1.51. The lowest BCUT2D eigenvalue weighted by Crippen LogP contribution is -2.14. The molecule has 0 fully saturated rings. The molecular weight excluding hydrogens is 283 g/mol. The van der Waals surface area contributed by atoms with Crippen LogP contribution in [0.5, 0.6) is 0 Å². The van der Waals surface area contributed by atoms with Crippen LogP contribution < -0.4 is 0 Å². The lowest BCUT2D eigenvalue weighted by molar-refractivity contribution is -0.136. The number of hydrogen-bond donors (Lipinski definition) is 1. The van der Waals surface area contributed by atoms with Gasteiger partial charge in [-0.25, -0.2) is 4.79 Å². The van der Waals surface area contributed by atoms with Crippen molar-refractivity contribution in [1.82, 2.24) is 4.98 Å².